The molecule has 2 rings (SSSR count). The Hall–Kier alpha value is -0.740. The van der Waals surface area contributed by atoms with Gasteiger partial charge in [0.25, 0.3) is 0 Å². The van der Waals surface area contributed by atoms with E-state index in [2.05, 4.69) is 51.7 Å². The molecule has 2 N–H and O–H groups in total. The van der Waals surface area contributed by atoms with Crippen molar-refractivity contribution in [3.63, 3.8) is 0 Å². The quantitative estimate of drug-likeness (QED) is 0.363. The molecule has 0 unspecified atom stereocenters. The van der Waals surface area contributed by atoms with Gasteiger partial charge in [0.2, 0.25) is 0 Å². The van der Waals surface area contributed by atoms with E-state index in [-0.39, 0.29) is 24.0 Å². The number of nitrogens with one attached hydrogen (secondary N) is 2. The highest BCUT2D eigenvalue weighted by Gasteiger charge is 2.04. The second kappa shape index (κ2) is 11.0. The Bertz CT molecular complexity index is 631. The van der Waals surface area contributed by atoms with Gasteiger partial charge in [-0.15, -0.1) is 46.7 Å². The summed E-state index contributed by atoms with van der Waals surface area (Å²) in [6, 6.07) is 0. The van der Waals surface area contributed by atoms with Gasteiger partial charge in [-0.1, -0.05) is 0 Å². The molecule has 0 atom stereocenters. The average molecular weight is 479 g/mol. The smallest absolute Gasteiger partial charge is 0.191 e. The molecule has 0 saturated carbocycles. The van der Waals surface area contributed by atoms with Crippen molar-refractivity contribution in [3.8, 4) is 0 Å². The van der Waals surface area contributed by atoms with Crippen LogP contribution in [0.25, 0.3) is 0 Å². The lowest BCUT2D eigenvalue weighted by atomic mass is 10.3. The monoisotopic (exact) mass is 479 g/mol. The van der Waals surface area contributed by atoms with Gasteiger partial charge in [0.05, 0.1) is 21.4 Å². The van der Waals surface area contributed by atoms with Crippen LogP contribution >= 0.6 is 46.7 Å². The highest BCUT2D eigenvalue weighted by atomic mass is 127. The molecular formula is C16H26IN5S2. The zero-order valence-electron chi connectivity index (χ0n) is 14.7. The first kappa shape index (κ1) is 21.3. The van der Waals surface area contributed by atoms with Crippen LogP contribution in [-0.2, 0) is 12.8 Å². The molecule has 0 aliphatic carbocycles. The number of halogens is 1. The van der Waals surface area contributed by atoms with Gasteiger partial charge < -0.3 is 10.6 Å². The van der Waals surface area contributed by atoms with E-state index < -0.39 is 0 Å². The summed E-state index contributed by atoms with van der Waals surface area (Å²) >= 11 is 3.47. The number of aryl methyl sites for hydroxylation is 3. The van der Waals surface area contributed by atoms with Crippen LogP contribution in [0.4, 0.5) is 0 Å². The Morgan fingerprint density at radius 3 is 2.54 bits per heavy atom. The highest BCUT2D eigenvalue weighted by Crippen LogP contribution is 2.16. The van der Waals surface area contributed by atoms with Gasteiger partial charge in [0.1, 0.15) is 0 Å². The molecule has 0 radical (unpaired) electrons. The summed E-state index contributed by atoms with van der Waals surface area (Å²) in [5, 5.41) is 11.1. The number of hydrogen-bond acceptors (Lipinski definition) is 5. The van der Waals surface area contributed by atoms with E-state index in [9.17, 15) is 0 Å². The molecule has 0 bridgehead atoms. The third-order valence-electron chi connectivity index (χ3n) is 3.35. The minimum absolute atomic E-state index is 0. The van der Waals surface area contributed by atoms with Crippen LogP contribution in [0, 0.1) is 20.8 Å². The van der Waals surface area contributed by atoms with Crippen molar-refractivity contribution in [3.05, 3.63) is 31.7 Å². The molecule has 134 valence electrons. The van der Waals surface area contributed by atoms with E-state index in [1.807, 2.05) is 6.92 Å². The summed E-state index contributed by atoms with van der Waals surface area (Å²) in [6.45, 7) is 10.7. The van der Waals surface area contributed by atoms with Crippen LogP contribution in [0.3, 0.4) is 0 Å². The molecule has 0 aromatic carbocycles. The third-order valence-corrected chi connectivity index (χ3v) is 5.31. The average Bonchev–Trinajstić information content (AvgIpc) is 3.05. The van der Waals surface area contributed by atoms with Crippen LogP contribution in [0.5, 0.6) is 0 Å². The summed E-state index contributed by atoms with van der Waals surface area (Å²) < 4.78 is 0. The van der Waals surface area contributed by atoms with Crippen molar-refractivity contribution in [2.75, 3.05) is 19.6 Å². The fourth-order valence-corrected chi connectivity index (χ4v) is 3.65. The first-order valence-electron chi connectivity index (χ1n) is 7.94. The Morgan fingerprint density at radius 2 is 1.96 bits per heavy atom. The van der Waals surface area contributed by atoms with Crippen molar-refractivity contribution in [2.24, 2.45) is 4.99 Å². The summed E-state index contributed by atoms with van der Waals surface area (Å²) in [6.07, 6.45) is 1.81. The number of aromatic nitrogens is 2. The lowest BCUT2D eigenvalue weighted by Gasteiger charge is -2.10. The van der Waals surface area contributed by atoms with Gasteiger partial charge in [-0.25, -0.2) is 9.97 Å². The molecule has 2 heterocycles. The molecule has 2 aromatic heterocycles. The largest absolute Gasteiger partial charge is 0.357 e. The van der Waals surface area contributed by atoms with E-state index >= 15 is 0 Å². The van der Waals surface area contributed by atoms with Gasteiger partial charge in [-0.05, 0) is 27.7 Å². The Balaban J connectivity index is 0.00000288. The molecular weight excluding hydrogens is 453 g/mol. The van der Waals surface area contributed by atoms with Gasteiger partial charge in [0.15, 0.2) is 5.96 Å². The topological polar surface area (TPSA) is 62.2 Å². The zero-order valence-corrected chi connectivity index (χ0v) is 18.6. The fourth-order valence-electron chi connectivity index (χ4n) is 2.08. The molecule has 5 nitrogen and oxygen atoms in total. The van der Waals surface area contributed by atoms with Crippen molar-refractivity contribution in [2.45, 2.75) is 40.5 Å². The lowest BCUT2D eigenvalue weighted by molar-refractivity contribution is 0.787. The van der Waals surface area contributed by atoms with Crippen LogP contribution in [0.15, 0.2) is 10.4 Å². The van der Waals surface area contributed by atoms with Gasteiger partial charge in [0, 0.05) is 42.7 Å². The molecule has 0 amide bonds. The fraction of sp³-hybridized carbons (Fsp3) is 0.562. The number of thiazole rings is 2. The van der Waals surface area contributed by atoms with E-state index in [1.54, 1.807) is 22.7 Å². The maximum Gasteiger partial charge on any atom is 0.191 e. The second-order valence-electron chi connectivity index (χ2n) is 5.29. The normalized spacial score (nSPS) is 11.2. The molecule has 0 saturated heterocycles. The summed E-state index contributed by atoms with van der Waals surface area (Å²) in [5.41, 5.74) is 2.28. The Kier molecular flexibility index (Phi) is 9.75. The zero-order chi connectivity index (χ0) is 16.7. The Morgan fingerprint density at radius 1 is 1.17 bits per heavy atom. The maximum atomic E-state index is 4.63. The Labute approximate surface area is 169 Å². The number of rotatable bonds is 7. The van der Waals surface area contributed by atoms with Crippen LogP contribution in [0.1, 0.15) is 33.2 Å². The van der Waals surface area contributed by atoms with Crippen LogP contribution in [0.2, 0.25) is 0 Å². The SMILES string of the molecule is CCNC(=NCCc1nc(C)c(C)s1)NCCc1csc(C)n1.I. The molecule has 0 aliphatic heterocycles. The van der Waals surface area contributed by atoms with E-state index in [0.717, 1.165) is 59.8 Å². The van der Waals surface area contributed by atoms with E-state index in [0.29, 0.717) is 0 Å². The van der Waals surface area contributed by atoms with Crippen molar-refractivity contribution < 1.29 is 0 Å². The van der Waals surface area contributed by atoms with E-state index in [1.165, 1.54) is 4.88 Å². The number of nitrogens with zero attached hydrogens (tertiary/aromatic N) is 3. The van der Waals surface area contributed by atoms with Gasteiger partial charge in [-0.3, -0.25) is 4.99 Å². The van der Waals surface area contributed by atoms with Gasteiger partial charge in [-0.2, -0.15) is 0 Å². The number of aliphatic imine (C=N–C) groups is 1. The summed E-state index contributed by atoms with van der Waals surface area (Å²) in [7, 11) is 0. The van der Waals surface area contributed by atoms with Crippen molar-refractivity contribution >= 4 is 52.6 Å². The molecule has 8 heteroatoms. The lowest BCUT2D eigenvalue weighted by Crippen LogP contribution is -2.38. The summed E-state index contributed by atoms with van der Waals surface area (Å²) in [5.74, 6) is 0.865. The van der Waals surface area contributed by atoms with Gasteiger partial charge >= 0.3 is 0 Å². The molecule has 0 aliphatic rings. The maximum absolute atomic E-state index is 4.63. The standard InChI is InChI=1S/C16H25N5S2.HI/c1-5-17-16(18-8-6-14-10-22-13(4)21-14)19-9-7-15-20-11(2)12(3)23-15;/h10H,5-9H2,1-4H3,(H2,17,18,19);1H. The third kappa shape index (κ3) is 7.02. The first-order valence-corrected chi connectivity index (χ1v) is 9.64. The molecule has 0 spiro atoms. The second-order valence-corrected chi connectivity index (χ2v) is 7.64. The number of hydrogen-bond donors (Lipinski definition) is 2. The molecule has 0 fully saturated rings. The predicted octanol–water partition coefficient (Wildman–Crippen LogP) is 3.48. The van der Waals surface area contributed by atoms with E-state index in [4.69, 9.17) is 0 Å². The summed E-state index contributed by atoms with van der Waals surface area (Å²) in [4.78, 5) is 15.0. The predicted molar refractivity (Wildman–Crippen MR) is 115 cm³/mol. The van der Waals surface area contributed by atoms with Crippen molar-refractivity contribution in [1.29, 1.82) is 0 Å². The van der Waals surface area contributed by atoms with Crippen LogP contribution < -0.4 is 10.6 Å². The minimum Gasteiger partial charge on any atom is -0.357 e. The first-order chi connectivity index (χ1) is 11.1. The number of guanidine groups is 1. The molecule has 24 heavy (non-hydrogen) atoms. The molecule has 2 aromatic rings. The van der Waals surface area contributed by atoms with Crippen molar-refractivity contribution in [1.82, 2.24) is 20.6 Å². The van der Waals surface area contributed by atoms with Crippen LogP contribution in [-0.4, -0.2) is 35.6 Å². The minimum atomic E-state index is 0. The highest BCUT2D eigenvalue weighted by molar-refractivity contribution is 14.0.